The smallest absolute Gasteiger partial charge is 0.255 e. The number of nitrogens with one attached hydrogen (secondary N) is 2. The fraction of sp³-hybridized carbons (Fsp3) is 0.304. The van der Waals surface area contributed by atoms with Crippen LogP contribution in [0.2, 0.25) is 0 Å². The van der Waals surface area contributed by atoms with Gasteiger partial charge < -0.3 is 14.8 Å². The zero-order valence-electron chi connectivity index (χ0n) is 17.6. The van der Waals surface area contributed by atoms with Crippen LogP contribution in [0, 0.1) is 13.8 Å². The predicted molar refractivity (Wildman–Crippen MR) is 115 cm³/mol. The maximum atomic E-state index is 13.0. The summed E-state index contributed by atoms with van der Waals surface area (Å²) in [4.78, 5) is 13.0. The largest absolute Gasteiger partial charge is 0.493 e. The van der Waals surface area contributed by atoms with Crippen molar-refractivity contribution in [1.82, 2.24) is 10.2 Å². The Hall–Kier alpha value is -3.28. The number of nitrogens with zero attached hydrogens (tertiary/aromatic N) is 1. The van der Waals surface area contributed by atoms with Crippen molar-refractivity contribution in [3.63, 3.8) is 0 Å². The summed E-state index contributed by atoms with van der Waals surface area (Å²) in [6, 6.07) is 11.3. The number of aromatic amines is 1. The Kier molecular flexibility index (Phi) is 6.22. The van der Waals surface area contributed by atoms with Gasteiger partial charge in [0.1, 0.15) is 5.69 Å². The van der Waals surface area contributed by atoms with Gasteiger partial charge in [-0.05, 0) is 44.0 Å². The molecule has 6 heteroatoms. The van der Waals surface area contributed by atoms with Crippen LogP contribution in [0.4, 0.5) is 5.69 Å². The predicted octanol–water partition coefficient (Wildman–Crippen LogP) is 4.92. The van der Waals surface area contributed by atoms with Crippen LogP contribution in [0.25, 0.3) is 11.3 Å². The summed E-state index contributed by atoms with van der Waals surface area (Å²) in [7, 11) is 3.11. The molecule has 0 aliphatic carbocycles. The lowest BCUT2D eigenvalue weighted by Gasteiger charge is -2.12. The number of ether oxygens (including phenoxy) is 2. The number of amides is 1. The average Bonchev–Trinajstić information content (AvgIpc) is 3.09. The van der Waals surface area contributed by atoms with Gasteiger partial charge >= 0.3 is 0 Å². The van der Waals surface area contributed by atoms with Crippen molar-refractivity contribution in [2.75, 3.05) is 19.5 Å². The molecule has 2 N–H and O–H groups in total. The van der Waals surface area contributed by atoms with Gasteiger partial charge in [0.25, 0.3) is 5.91 Å². The van der Waals surface area contributed by atoms with E-state index in [0.29, 0.717) is 17.1 Å². The third-order valence-corrected chi connectivity index (χ3v) is 4.86. The van der Waals surface area contributed by atoms with Crippen molar-refractivity contribution in [1.29, 1.82) is 0 Å². The van der Waals surface area contributed by atoms with Crippen molar-refractivity contribution in [2.45, 2.75) is 33.6 Å². The van der Waals surface area contributed by atoms with Crippen LogP contribution >= 0.6 is 0 Å². The molecule has 0 fully saturated rings. The molecule has 0 radical (unpaired) electrons. The van der Waals surface area contributed by atoms with E-state index >= 15 is 0 Å². The number of anilines is 1. The number of methoxy groups -OCH3 is 2. The summed E-state index contributed by atoms with van der Waals surface area (Å²) in [5.41, 5.74) is 6.16. The number of carbonyl (C=O) groups excluding carboxylic acids is 1. The number of benzene rings is 2. The Morgan fingerprint density at radius 2 is 1.83 bits per heavy atom. The third-order valence-electron chi connectivity index (χ3n) is 4.86. The van der Waals surface area contributed by atoms with E-state index in [1.807, 2.05) is 6.07 Å². The molecule has 3 aromatic rings. The fourth-order valence-electron chi connectivity index (χ4n) is 3.38. The van der Waals surface area contributed by atoms with Crippen molar-refractivity contribution < 1.29 is 14.3 Å². The lowest BCUT2D eigenvalue weighted by Crippen LogP contribution is -2.14. The molecule has 0 bridgehead atoms. The molecule has 6 nitrogen and oxygen atoms in total. The highest BCUT2D eigenvalue weighted by Crippen LogP contribution is 2.33. The molecule has 152 valence electrons. The van der Waals surface area contributed by atoms with Crippen LogP contribution in [0.5, 0.6) is 11.5 Å². The van der Waals surface area contributed by atoms with Gasteiger partial charge in [-0.25, -0.2) is 0 Å². The van der Waals surface area contributed by atoms with Crippen molar-refractivity contribution in [2.24, 2.45) is 0 Å². The lowest BCUT2D eigenvalue weighted by molar-refractivity contribution is 0.102. The van der Waals surface area contributed by atoms with Gasteiger partial charge in [-0.3, -0.25) is 9.89 Å². The van der Waals surface area contributed by atoms with Crippen molar-refractivity contribution in [3.05, 3.63) is 58.8 Å². The SMILES string of the molecule is CCCc1[nH]nc(-c2ccc(C)cc2C)c1NC(=O)c1ccc(OC)c(OC)c1. The Balaban J connectivity index is 1.99. The van der Waals surface area contributed by atoms with Crippen LogP contribution in [0.3, 0.4) is 0 Å². The average molecular weight is 393 g/mol. The summed E-state index contributed by atoms with van der Waals surface area (Å²) >= 11 is 0. The second kappa shape index (κ2) is 8.82. The van der Waals surface area contributed by atoms with E-state index in [-0.39, 0.29) is 5.91 Å². The summed E-state index contributed by atoms with van der Waals surface area (Å²) in [6.45, 7) is 6.21. The Morgan fingerprint density at radius 3 is 2.48 bits per heavy atom. The van der Waals surface area contributed by atoms with E-state index in [1.165, 1.54) is 5.56 Å². The van der Waals surface area contributed by atoms with Gasteiger partial charge in [-0.2, -0.15) is 5.10 Å². The van der Waals surface area contributed by atoms with Crippen molar-refractivity contribution >= 4 is 11.6 Å². The summed E-state index contributed by atoms with van der Waals surface area (Å²) in [6.07, 6.45) is 1.73. The highest BCUT2D eigenvalue weighted by molar-refractivity contribution is 6.06. The molecular formula is C23H27N3O3. The van der Waals surface area contributed by atoms with Crippen LogP contribution in [-0.2, 0) is 6.42 Å². The molecule has 0 aliphatic rings. The number of carbonyl (C=O) groups is 1. The van der Waals surface area contributed by atoms with Gasteiger partial charge in [0.15, 0.2) is 11.5 Å². The molecule has 0 atom stereocenters. The number of rotatable bonds is 7. The topological polar surface area (TPSA) is 76.2 Å². The Labute approximate surface area is 171 Å². The molecule has 2 aromatic carbocycles. The Bertz CT molecular complexity index is 1020. The molecule has 0 saturated carbocycles. The van der Waals surface area contributed by atoms with Gasteiger partial charge in [-0.1, -0.05) is 37.1 Å². The van der Waals surface area contributed by atoms with E-state index in [9.17, 15) is 4.79 Å². The van der Waals surface area contributed by atoms with Crippen molar-refractivity contribution in [3.8, 4) is 22.8 Å². The molecule has 0 aliphatic heterocycles. The maximum absolute atomic E-state index is 13.0. The first-order valence-corrected chi connectivity index (χ1v) is 9.66. The normalized spacial score (nSPS) is 10.7. The summed E-state index contributed by atoms with van der Waals surface area (Å²) in [5, 5.41) is 10.7. The van der Waals surface area contributed by atoms with Gasteiger partial charge in [0, 0.05) is 11.1 Å². The molecule has 29 heavy (non-hydrogen) atoms. The second-order valence-electron chi connectivity index (χ2n) is 7.02. The summed E-state index contributed by atoms with van der Waals surface area (Å²) in [5.74, 6) is 0.862. The standard InChI is InChI=1S/C23H27N3O3/c1-6-7-18-22(21(26-25-18)17-10-8-14(2)12-15(17)3)24-23(27)16-9-11-19(28-4)20(13-16)29-5/h8-13H,6-7H2,1-5H3,(H,24,27)(H,25,26). The minimum absolute atomic E-state index is 0.226. The quantitative estimate of drug-likeness (QED) is 0.598. The first-order chi connectivity index (χ1) is 14.0. The minimum atomic E-state index is -0.226. The Morgan fingerprint density at radius 1 is 1.07 bits per heavy atom. The second-order valence-corrected chi connectivity index (χ2v) is 7.02. The van der Waals surface area contributed by atoms with E-state index < -0.39 is 0 Å². The fourth-order valence-corrected chi connectivity index (χ4v) is 3.38. The molecule has 0 saturated heterocycles. The molecule has 1 amide bonds. The third kappa shape index (κ3) is 4.26. The van der Waals surface area contributed by atoms with Gasteiger partial charge in [0.2, 0.25) is 0 Å². The highest BCUT2D eigenvalue weighted by Gasteiger charge is 2.20. The number of hydrogen-bond acceptors (Lipinski definition) is 4. The van der Waals surface area contributed by atoms with Crippen LogP contribution in [0.15, 0.2) is 36.4 Å². The number of aryl methyl sites for hydroxylation is 3. The summed E-state index contributed by atoms with van der Waals surface area (Å²) < 4.78 is 10.6. The molecule has 0 spiro atoms. The van der Waals surface area contributed by atoms with Crippen LogP contribution < -0.4 is 14.8 Å². The number of hydrogen-bond donors (Lipinski definition) is 2. The van der Waals surface area contributed by atoms with Gasteiger partial charge in [-0.15, -0.1) is 0 Å². The van der Waals surface area contributed by atoms with E-state index in [0.717, 1.165) is 41.0 Å². The highest BCUT2D eigenvalue weighted by atomic mass is 16.5. The van der Waals surface area contributed by atoms with E-state index in [4.69, 9.17) is 9.47 Å². The maximum Gasteiger partial charge on any atom is 0.255 e. The molecule has 0 unspecified atom stereocenters. The van der Waals surface area contributed by atoms with Crippen LogP contribution in [-0.4, -0.2) is 30.3 Å². The zero-order chi connectivity index (χ0) is 21.0. The van der Waals surface area contributed by atoms with Crippen LogP contribution in [0.1, 0.15) is 40.5 Å². The van der Waals surface area contributed by atoms with E-state index in [1.54, 1.807) is 32.4 Å². The molecule has 3 rings (SSSR count). The first kappa shape index (κ1) is 20.5. The molecular weight excluding hydrogens is 366 g/mol. The first-order valence-electron chi connectivity index (χ1n) is 9.66. The number of H-pyrrole nitrogens is 1. The zero-order valence-corrected chi connectivity index (χ0v) is 17.6. The molecule has 1 aromatic heterocycles. The lowest BCUT2D eigenvalue weighted by atomic mass is 10.0. The van der Waals surface area contributed by atoms with E-state index in [2.05, 4.69) is 48.4 Å². The number of aromatic nitrogens is 2. The molecule has 1 heterocycles. The monoisotopic (exact) mass is 393 g/mol. The van der Waals surface area contributed by atoms with Gasteiger partial charge in [0.05, 0.1) is 25.6 Å². The minimum Gasteiger partial charge on any atom is -0.493 e.